The standard InChI is InChI=1S/C13H20N2O2/c14-9-11-5-4-8-15(10-11)13(16)17-12-6-2-1-3-7-12/h11-12H,1-8,10H2. The average molecular weight is 236 g/mol. The van der Waals surface area contributed by atoms with Crippen molar-refractivity contribution in [3.8, 4) is 6.07 Å². The van der Waals surface area contributed by atoms with Gasteiger partial charge in [0.05, 0.1) is 12.0 Å². The van der Waals surface area contributed by atoms with Gasteiger partial charge in [0, 0.05) is 13.1 Å². The number of piperidine rings is 1. The maximum Gasteiger partial charge on any atom is 0.410 e. The summed E-state index contributed by atoms with van der Waals surface area (Å²) in [7, 11) is 0. The molecule has 0 N–H and O–H groups in total. The SMILES string of the molecule is N#CC1CCCN(C(=O)OC2CCCCC2)C1. The summed E-state index contributed by atoms with van der Waals surface area (Å²) in [5, 5.41) is 8.88. The van der Waals surface area contributed by atoms with Crippen LogP contribution >= 0.6 is 0 Å². The second-order valence-electron chi connectivity index (χ2n) is 5.06. The second-order valence-corrected chi connectivity index (χ2v) is 5.06. The van der Waals surface area contributed by atoms with Crippen LogP contribution in [0.2, 0.25) is 0 Å². The van der Waals surface area contributed by atoms with E-state index in [1.165, 1.54) is 19.3 Å². The lowest BCUT2D eigenvalue weighted by Crippen LogP contribution is -2.41. The molecule has 2 aliphatic rings. The first-order valence-corrected chi connectivity index (χ1v) is 6.65. The van der Waals surface area contributed by atoms with Crippen molar-refractivity contribution in [1.82, 2.24) is 4.90 Å². The van der Waals surface area contributed by atoms with Crippen molar-refractivity contribution >= 4 is 6.09 Å². The minimum Gasteiger partial charge on any atom is -0.446 e. The van der Waals surface area contributed by atoms with Crippen molar-refractivity contribution in [3.05, 3.63) is 0 Å². The Hall–Kier alpha value is -1.24. The third-order valence-electron chi connectivity index (χ3n) is 3.68. The van der Waals surface area contributed by atoms with Crippen molar-refractivity contribution < 1.29 is 9.53 Å². The summed E-state index contributed by atoms with van der Waals surface area (Å²) < 4.78 is 5.50. The summed E-state index contributed by atoms with van der Waals surface area (Å²) in [5.74, 6) is -0.0114. The zero-order valence-electron chi connectivity index (χ0n) is 10.2. The molecule has 1 saturated carbocycles. The Kier molecular flexibility index (Phi) is 4.24. The molecule has 2 rings (SSSR count). The molecule has 0 bridgehead atoms. The van der Waals surface area contributed by atoms with Gasteiger partial charge in [0.25, 0.3) is 0 Å². The Labute approximate surface area is 103 Å². The van der Waals surface area contributed by atoms with Crippen LogP contribution < -0.4 is 0 Å². The molecule has 94 valence electrons. The van der Waals surface area contributed by atoms with Gasteiger partial charge in [-0.2, -0.15) is 5.26 Å². The van der Waals surface area contributed by atoms with Crippen LogP contribution in [0.25, 0.3) is 0 Å². The highest BCUT2D eigenvalue weighted by Gasteiger charge is 2.26. The van der Waals surface area contributed by atoms with Crippen LogP contribution in [0.15, 0.2) is 0 Å². The van der Waals surface area contributed by atoms with Crippen LogP contribution in [-0.2, 0) is 4.74 Å². The van der Waals surface area contributed by atoms with E-state index >= 15 is 0 Å². The molecule has 1 saturated heterocycles. The Morgan fingerprint density at radius 3 is 2.65 bits per heavy atom. The lowest BCUT2D eigenvalue weighted by molar-refractivity contribution is 0.0387. The van der Waals surface area contributed by atoms with Crippen LogP contribution in [0, 0.1) is 17.2 Å². The number of rotatable bonds is 1. The van der Waals surface area contributed by atoms with E-state index in [0.717, 1.165) is 32.2 Å². The number of hydrogen-bond acceptors (Lipinski definition) is 3. The summed E-state index contributed by atoms with van der Waals surface area (Å²) in [6.45, 7) is 1.28. The number of hydrogen-bond donors (Lipinski definition) is 0. The number of nitriles is 1. The lowest BCUT2D eigenvalue weighted by atomic mass is 9.98. The summed E-state index contributed by atoms with van der Waals surface area (Å²) in [6.07, 6.45) is 7.31. The third-order valence-corrected chi connectivity index (χ3v) is 3.68. The predicted molar refractivity (Wildman–Crippen MR) is 63.3 cm³/mol. The van der Waals surface area contributed by atoms with Crippen LogP contribution in [0.5, 0.6) is 0 Å². The minimum atomic E-state index is -0.211. The van der Waals surface area contributed by atoms with Gasteiger partial charge in [-0.15, -0.1) is 0 Å². The van der Waals surface area contributed by atoms with Gasteiger partial charge >= 0.3 is 6.09 Å². The van der Waals surface area contributed by atoms with E-state index in [9.17, 15) is 4.79 Å². The predicted octanol–water partition coefficient (Wildman–Crippen LogP) is 2.69. The molecule has 0 spiro atoms. The molecule has 2 fully saturated rings. The first-order chi connectivity index (χ1) is 8.29. The zero-order valence-corrected chi connectivity index (χ0v) is 10.2. The molecule has 1 heterocycles. The number of carbonyl (C=O) groups is 1. The molecule has 1 atom stereocenters. The van der Waals surface area contributed by atoms with E-state index in [1.807, 2.05) is 0 Å². The smallest absolute Gasteiger partial charge is 0.410 e. The van der Waals surface area contributed by atoms with E-state index in [-0.39, 0.29) is 18.1 Å². The van der Waals surface area contributed by atoms with Gasteiger partial charge in [0.15, 0.2) is 0 Å². The van der Waals surface area contributed by atoms with Gasteiger partial charge in [-0.1, -0.05) is 6.42 Å². The molecular formula is C13H20N2O2. The van der Waals surface area contributed by atoms with Crippen molar-refractivity contribution in [2.45, 2.75) is 51.0 Å². The summed E-state index contributed by atoms with van der Waals surface area (Å²) in [4.78, 5) is 13.6. The van der Waals surface area contributed by atoms with E-state index in [0.29, 0.717) is 6.54 Å². The number of ether oxygens (including phenoxy) is 1. The van der Waals surface area contributed by atoms with Gasteiger partial charge in [-0.3, -0.25) is 0 Å². The number of likely N-dealkylation sites (tertiary alicyclic amines) is 1. The average Bonchev–Trinajstić information content (AvgIpc) is 2.40. The van der Waals surface area contributed by atoms with Crippen LogP contribution in [0.3, 0.4) is 0 Å². The molecule has 0 aromatic carbocycles. The number of nitrogens with zero attached hydrogens (tertiary/aromatic N) is 2. The Morgan fingerprint density at radius 1 is 1.18 bits per heavy atom. The maximum atomic E-state index is 11.9. The third kappa shape index (κ3) is 3.36. The molecule has 1 unspecified atom stereocenters. The highest BCUT2D eigenvalue weighted by Crippen LogP contribution is 2.22. The Bertz CT molecular complexity index is 305. The summed E-state index contributed by atoms with van der Waals surface area (Å²) in [6, 6.07) is 2.24. The first-order valence-electron chi connectivity index (χ1n) is 6.65. The lowest BCUT2D eigenvalue weighted by Gasteiger charge is -2.31. The van der Waals surface area contributed by atoms with Gasteiger partial charge in [0.1, 0.15) is 6.10 Å². The molecule has 4 heteroatoms. The van der Waals surface area contributed by atoms with E-state index in [2.05, 4.69) is 6.07 Å². The van der Waals surface area contributed by atoms with Gasteiger partial charge < -0.3 is 9.64 Å². The molecular weight excluding hydrogens is 216 g/mol. The molecule has 0 radical (unpaired) electrons. The molecule has 0 aromatic heterocycles. The fourth-order valence-corrected chi connectivity index (χ4v) is 2.65. The van der Waals surface area contributed by atoms with Gasteiger partial charge in [-0.05, 0) is 38.5 Å². The molecule has 4 nitrogen and oxygen atoms in total. The highest BCUT2D eigenvalue weighted by atomic mass is 16.6. The second kappa shape index (κ2) is 5.90. The molecule has 1 aliphatic heterocycles. The van der Waals surface area contributed by atoms with Gasteiger partial charge in [0.2, 0.25) is 0 Å². The van der Waals surface area contributed by atoms with E-state index < -0.39 is 0 Å². The van der Waals surface area contributed by atoms with E-state index in [1.54, 1.807) is 4.90 Å². The largest absolute Gasteiger partial charge is 0.446 e. The van der Waals surface area contributed by atoms with Crippen molar-refractivity contribution in [3.63, 3.8) is 0 Å². The van der Waals surface area contributed by atoms with Crippen molar-refractivity contribution in [2.75, 3.05) is 13.1 Å². The van der Waals surface area contributed by atoms with Crippen LogP contribution in [-0.4, -0.2) is 30.2 Å². The zero-order chi connectivity index (χ0) is 12.1. The number of carbonyl (C=O) groups excluding carboxylic acids is 1. The fourth-order valence-electron chi connectivity index (χ4n) is 2.65. The Balaban J connectivity index is 1.80. The first kappa shape index (κ1) is 12.2. The fraction of sp³-hybridized carbons (Fsp3) is 0.846. The monoisotopic (exact) mass is 236 g/mol. The van der Waals surface area contributed by atoms with E-state index in [4.69, 9.17) is 10.00 Å². The summed E-state index contributed by atoms with van der Waals surface area (Å²) in [5.41, 5.74) is 0. The normalized spacial score (nSPS) is 26.3. The van der Waals surface area contributed by atoms with Crippen molar-refractivity contribution in [2.24, 2.45) is 5.92 Å². The van der Waals surface area contributed by atoms with Gasteiger partial charge in [-0.25, -0.2) is 4.79 Å². The van der Waals surface area contributed by atoms with Crippen LogP contribution in [0.4, 0.5) is 4.79 Å². The molecule has 17 heavy (non-hydrogen) atoms. The number of amides is 1. The molecule has 0 aromatic rings. The highest BCUT2D eigenvalue weighted by molar-refractivity contribution is 5.68. The molecule has 1 amide bonds. The van der Waals surface area contributed by atoms with Crippen molar-refractivity contribution in [1.29, 1.82) is 5.26 Å². The molecule has 1 aliphatic carbocycles. The van der Waals surface area contributed by atoms with Crippen LogP contribution in [0.1, 0.15) is 44.9 Å². The minimum absolute atomic E-state index is 0.0114. The summed E-state index contributed by atoms with van der Waals surface area (Å²) >= 11 is 0. The topological polar surface area (TPSA) is 53.3 Å². The Morgan fingerprint density at radius 2 is 1.94 bits per heavy atom. The maximum absolute atomic E-state index is 11.9. The quantitative estimate of drug-likeness (QED) is 0.703.